The molecule has 1 aliphatic heterocycles. The highest BCUT2D eigenvalue weighted by Gasteiger charge is 2.32. The predicted octanol–water partition coefficient (Wildman–Crippen LogP) is 4.46. The van der Waals surface area contributed by atoms with E-state index in [0.29, 0.717) is 37.1 Å². The van der Waals surface area contributed by atoms with Crippen molar-refractivity contribution < 1.29 is 31.5 Å². The van der Waals surface area contributed by atoms with E-state index in [-0.39, 0.29) is 11.8 Å². The quantitative estimate of drug-likeness (QED) is 0.697. The summed E-state index contributed by atoms with van der Waals surface area (Å²) in [4.78, 5) is 16.3. The largest absolute Gasteiger partial charge is 0.428 e. The highest BCUT2D eigenvalue weighted by atomic mass is 19.4. The van der Waals surface area contributed by atoms with Crippen LogP contribution in [0.2, 0.25) is 0 Å². The van der Waals surface area contributed by atoms with Gasteiger partial charge in [-0.25, -0.2) is 4.39 Å². The molecule has 1 fully saturated rings. The third kappa shape index (κ3) is 4.95. The summed E-state index contributed by atoms with van der Waals surface area (Å²) in [5.74, 6) is -1.70. The Morgan fingerprint density at radius 3 is 2.59 bits per heavy atom. The number of amides is 1. The van der Waals surface area contributed by atoms with Crippen LogP contribution in [0.3, 0.4) is 0 Å². The van der Waals surface area contributed by atoms with Crippen LogP contribution in [-0.4, -0.2) is 23.2 Å². The van der Waals surface area contributed by atoms with Crippen LogP contribution < -0.4 is 5.68 Å². The molecule has 29 heavy (non-hydrogen) atoms. The van der Waals surface area contributed by atoms with E-state index < -0.39 is 34.4 Å². The summed E-state index contributed by atoms with van der Waals surface area (Å²) < 4.78 is 65.6. The molecule has 5 nitrogen and oxygen atoms in total. The lowest BCUT2D eigenvalue weighted by Crippen LogP contribution is -2.24. The van der Waals surface area contributed by atoms with Crippen LogP contribution in [0.4, 0.5) is 17.6 Å². The summed E-state index contributed by atoms with van der Waals surface area (Å²) in [5.41, 5.74) is -2.39. The van der Waals surface area contributed by atoms with E-state index in [1.807, 2.05) is 20.8 Å². The van der Waals surface area contributed by atoms with Crippen molar-refractivity contribution in [3.63, 3.8) is 0 Å². The number of nitrogens with zero attached hydrogens (tertiary/aromatic N) is 2. The van der Waals surface area contributed by atoms with E-state index in [9.17, 15) is 22.4 Å². The summed E-state index contributed by atoms with van der Waals surface area (Å²) in [7, 11) is 0. The number of hydrogen-bond donors (Lipinski definition) is 0. The maximum atomic E-state index is 14.0. The molecule has 0 unspecified atom stereocenters. The standard InChI is InChI=1S/C20H22F4N2O3/c1-19(2,3)16-11-26(10-13-5-4-8-28-13)18(29-16)25-17(27)14-9-12(20(22,23)24)6-7-15(14)21/h6-7,9,11,13H,4-5,8,10H2,1-3H3/t13-/m1/s1. The first-order chi connectivity index (χ1) is 13.4. The lowest BCUT2D eigenvalue weighted by molar-refractivity contribution is -0.137. The monoisotopic (exact) mass is 414 g/mol. The van der Waals surface area contributed by atoms with E-state index in [0.717, 1.165) is 12.8 Å². The molecular formula is C20H22F4N2O3. The van der Waals surface area contributed by atoms with Gasteiger partial charge in [-0.15, -0.1) is 0 Å². The van der Waals surface area contributed by atoms with Crippen molar-refractivity contribution in [3.05, 3.63) is 52.8 Å². The Morgan fingerprint density at radius 2 is 2.00 bits per heavy atom. The first kappa shape index (κ1) is 21.3. The van der Waals surface area contributed by atoms with E-state index in [2.05, 4.69) is 4.99 Å². The maximum Gasteiger partial charge on any atom is 0.416 e. The van der Waals surface area contributed by atoms with Gasteiger partial charge in [0.15, 0.2) is 0 Å². The highest BCUT2D eigenvalue weighted by Crippen LogP contribution is 2.30. The van der Waals surface area contributed by atoms with E-state index in [4.69, 9.17) is 9.15 Å². The van der Waals surface area contributed by atoms with Gasteiger partial charge in [0, 0.05) is 18.2 Å². The molecular weight excluding hydrogens is 392 g/mol. The fourth-order valence-corrected chi connectivity index (χ4v) is 2.96. The van der Waals surface area contributed by atoms with Gasteiger partial charge in [-0.1, -0.05) is 20.8 Å². The lowest BCUT2D eigenvalue weighted by atomic mass is 9.94. The SMILES string of the molecule is CC(C)(C)c1cn(C[C@H]2CCCO2)c(=NC(=O)c2cc(C(F)(F)F)ccc2F)o1. The number of benzene rings is 1. The minimum absolute atomic E-state index is 0.0836. The Bertz CT molecular complexity index is 961. The van der Waals surface area contributed by atoms with Crippen molar-refractivity contribution in [2.24, 2.45) is 4.99 Å². The van der Waals surface area contributed by atoms with Crippen LogP contribution in [0.15, 0.2) is 33.8 Å². The average Bonchev–Trinajstić information content (AvgIpc) is 3.24. The molecule has 0 bridgehead atoms. The minimum atomic E-state index is -4.70. The molecule has 9 heteroatoms. The number of oxazole rings is 1. The molecule has 158 valence electrons. The molecule has 0 spiro atoms. The van der Waals surface area contributed by atoms with Crippen molar-refractivity contribution in [2.75, 3.05) is 6.61 Å². The normalized spacial score (nSPS) is 18.4. The number of carbonyl (C=O) groups is 1. The smallest absolute Gasteiger partial charge is 0.416 e. The van der Waals surface area contributed by atoms with Crippen LogP contribution >= 0.6 is 0 Å². The van der Waals surface area contributed by atoms with Crippen LogP contribution in [0.25, 0.3) is 0 Å². The zero-order valence-corrected chi connectivity index (χ0v) is 16.3. The second-order valence-corrected chi connectivity index (χ2v) is 8.02. The number of alkyl halides is 3. The Kier molecular flexibility index (Phi) is 5.71. The van der Waals surface area contributed by atoms with Gasteiger partial charge in [-0.3, -0.25) is 9.36 Å². The fraction of sp³-hybridized carbons (Fsp3) is 0.500. The molecule has 0 N–H and O–H groups in total. The maximum absolute atomic E-state index is 14.0. The second-order valence-electron chi connectivity index (χ2n) is 8.02. The summed E-state index contributed by atoms with van der Waals surface area (Å²) in [6, 6.07) is 1.64. The summed E-state index contributed by atoms with van der Waals surface area (Å²) in [6.07, 6.45) is -1.35. The molecule has 1 amide bonds. The Hall–Kier alpha value is -2.42. The molecule has 1 aliphatic rings. The third-order valence-electron chi connectivity index (χ3n) is 4.60. The number of hydrogen-bond acceptors (Lipinski definition) is 3. The van der Waals surface area contributed by atoms with Gasteiger partial charge in [-0.2, -0.15) is 18.2 Å². The number of aromatic nitrogens is 1. The van der Waals surface area contributed by atoms with Crippen LogP contribution in [0.5, 0.6) is 0 Å². The molecule has 1 aromatic carbocycles. The minimum Gasteiger partial charge on any atom is -0.428 e. The van der Waals surface area contributed by atoms with E-state index >= 15 is 0 Å². The van der Waals surface area contributed by atoms with Crippen molar-refractivity contribution in [2.45, 2.75) is 57.9 Å². The Morgan fingerprint density at radius 1 is 1.28 bits per heavy atom. The molecule has 2 aromatic rings. The van der Waals surface area contributed by atoms with Gasteiger partial charge in [0.1, 0.15) is 11.6 Å². The average molecular weight is 414 g/mol. The lowest BCUT2D eigenvalue weighted by Gasteiger charge is -2.13. The number of rotatable bonds is 3. The summed E-state index contributed by atoms with van der Waals surface area (Å²) in [6.45, 7) is 6.72. The highest BCUT2D eigenvalue weighted by molar-refractivity contribution is 5.95. The van der Waals surface area contributed by atoms with Gasteiger partial charge in [-0.05, 0) is 31.0 Å². The van der Waals surface area contributed by atoms with Crippen molar-refractivity contribution in [1.82, 2.24) is 4.57 Å². The van der Waals surface area contributed by atoms with E-state index in [1.54, 1.807) is 10.8 Å². The van der Waals surface area contributed by atoms with Crippen LogP contribution in [0.1, 0.15) is 55.3 Å². The van der Waals surface area contributed by atoms with Gasteiger partial charge in [0.05, 0.1) is 23.8 Å². The van der Waals surface area contributed by atoms with Crippen molar-refractivity contribution >= 4 is 5.91 Å². The Labute approximate surface area is 165 Å². The Balaban J connectivity index is 2.02. The predicted molar refractivity (Wildman–Crippen MR) is 95.7 cm³/mol. The van der Waals surface area contributed by atoms with Crippen molar-refractivity contribution in [1.29, 1.82) is 0 Å². The van der Waals surface area contributed by atoms with Crippen molar-refractivity contribution in [3.8, 4) is 0 Å². The molecule has 0 saturated carbocycles. The van der Waals surface area contributed by atoms with Gasteiger partial charge in [0.2, 0.25) is 0 Å². The fourth-order valence-electron chi connectivity index (χ4n) is 2.96. The molecule has 1 saturated heterocycles. The summed E-state index contributed by atoms with van der Waals surface area (Å²) >= 11 is 0. The molecule has 0 radical (unpaired) electrons. The number of carbonyl (C=O) groups excluding carboxylic acids is 1. The third-order valence-corrected chi connectivity index (χ3v) is 4.60. The zero-order valence-electron chi connectivity index (χ0n) is 16.3. The molecule has 1 aromatic heterocycles. The number of ether oxygens (including phenoxy) is 1. The molecule has 2 heterocycles. The first-order valence-electron chi connectivity index (χ1n) is 9.23. The first-order valence-corrected chi connectivity index (χ1v) is 9.23. The molecule has 1 atom stereocenters. The second kappa shape index (κ2) is 7.78. The zero-order chi connectivity index (χ0) is 21.4. The van der Waals surface area contributed by atoms with Crippen LogP contribution in [-0.2, 0) is 22.9 Å². The van der Waals surface area contributed by atoms with Gasteiger partial charge in [0.25, 0.3) is 5.91 Å². The molecule has 3 rings (SSSR count). The van der Waals surface area contributed by atoms with Gasteiger partial charge >= 0.3 is 11.9 Å². The number of halogens is 4. The molecule has 0 aliphatic carbocycles. The van der Waals surface area contributed by atoms with Crippen LogP contribution in [0, 0.1) is 5.82 Å². The van der Waals surface area contributed by atoms with E-state index in [1.165, 1.54) is 0 Å². The topological polar surface area (TPSA) is 56.7 Å². The van der Waals surface area contributed by atoms with Gasteiger partial charge < -0.3 is 9.15 Å². The summed E-state index contributed by atoms with van der Waals surface area (Å²) in [5, 5.41) is 0.